The van der Waals surface area contributed by atoms with E-state index >= 15 is 0 Å². The van der Waals surface area contributed by atoms with Crippen LogP contribution in [-0.4, -0.2) is 21.4 Å². The molecule has 0 aromatic rings. The Kier molecular flexibility index (Phi) is 6.15. The molecule has 0 radical (unpaired) electrons. The molecule has 0 fully saturated rings. The van der Waals surface area contributed by atoms with Gasteiger partial charge in [-0.3, -0.25) is 0 Å². The molecule has 0 amide bonds. The lowest BCUT2D eigenvalue weighted by Crippen LogP contribution is -2.52. The smallest absolute Gasteiger partial charge is 0.136 e. The zero-order chi connectivity index (χ0) is 19.8. The van der Waals surface area contributed by atoms with Crippen LogP contribution in [0, 0.1) is 45.3 Å². The van der Waals surface area contributed by atoms with E-state index in [4.69, 9.17) is 0 Å². The third kappa shape index (κ3) is 4.36. The molecule has 0 spiro atoms. The molecule has 2 N–H and O–H groups in total. The van der Waals surface area contributed by atoms with Gasteiger partial charge in [0.05, 0.1) is 0 Å². The normalized spacial score (nSPS) is 14.4. The van der Waals surface area contributed by atoms with Crippen LogP contribution < -0.4 is 0 Å². The van der Waals surface area contributed by atoms with Gasteiger partial charge in [0.25, 0.3) is 0 Å². The molecule has 138 valence electrons. The van der Waals surface area contributed by atoms with Crippen molar-refractivity contribution >= 4 is 0 Å². The average Bonchev–Trinajstić information content (AvgIpc) is 2.28. The number of aliphatic hydroxyl groups is 2. The molecular formula is C22H38O2. The van der Waals surface area contributed by atoms with Crippen molar-refractivity contribution in [2.45, 2.75) is 94.3 Å². The summed E-state index contributed by atoms with van der Waals surface area (Å²) in [5, 5.41) is 22.3. The van der Waals surface area contributed by atoms with E-state index in [1.807, 2.05) is 83.1 Å². The Morgan fingerprint density at radius 1 is 0.417 bits per heavy atom. The molecule has 0 aliphatic rings. The van der Waals surface area contributed by atoms with Crippen LogP contribution in [0.5, 0.6) is 0 Å². The van der Waals surface area contributed by atoms with Gasteiger partial charge in [0.1, 0.15) is 11.2 Å². The van der Waals surface area contributed by atoms with Gasteiger partial charge < -0.3 is 10.2 Å². The first kappa shape index (κ1) is 23.0. The summed E-state index contributed by atoms with van der Waals surface area (Å²) in [6, 6.07) is 0. The maximum atomic E-state index is 11.1. The van der Waals surface area contributed by atoms with Gasteiger partial charge >= 0.3 is 0 Å². The molecule has 0 aromatic heterocycles. The highest BCUT2D eigenvalue weighted by Gasteiger charge is 2.49. The molecular weight excluding hydrogens is 296 g/mol. The molecule has 24 heavy (non-hydrogen) atoms. The maximum absolute atomic E-state index is 11.1. The van der Waals surface area contributed by atoms with Crippen LogP contribution in [-0.2, 0) is 0 Å². The fourth-order valence-electron chi connectivity index (χ4n) is 3.24. The Labute approximate surface area is 150 Å². The number of hydrogen-bond acceptors (Lipinski definition) is 2. The Bertz CT molecular complexity index is 479. The lowest BCUT2D eigenvalue weighted by Gasteiger charge is -2.46. The highest BCUT2D eigenvalue weighted by Crippen LogP contribution is 2.44. The minimum absolute atomic E-state index is 0.412. The van der Waals surface area contributed by atoms with Gasteiger partial charge in [0.2, 0.25) is 0 Å². The zero-order valence-electron chi connectivity index (χ0n) is 17.9. The van der Waals surface area contributed by atoms with Crippen LogP contribution in [0.4, 0.5) is 0 Å². The Morgan fingerprint density at radius 3 is 0.708 bits per heavy atom. The first-order chi connectivity index (χ1) is 10.2. The summed E-state index contributed by atoms with van der Waals surface area (Å²) in [7, 11) is 0. The van der Waals surface area contributed by atoms with Gasteiger partial charge in [-0.25, -0.2) is 0 Å². The molecule has 0 rings (SSSR count). The highest BCUT2D eigenvalue weighted by atomic mass is 16.3. The van der Waals surface area contributed by atoms with E-state index < -0.39 is 32.9 Å². The van der Waals surface area contributed by atoms with Crippen molar-refractivity contribution in [1.82, 2.24) is 0 Å². The summed E-state index contributed by atoms with van der Waals surface area (Å²) in [6.45, 7) is 23.7. The van der Waals surface area contributed by atoms with Gasteiger partial charge in [0, 0.05) is 21.7 Å². The molecule has 2 nitrogen and oxygen atoms in total. The highest BCUT2D eigenvalue weighted by molar-refractivity contribution is 5.36. The van der Waals surface area contributed by atoms with E-state index in [-0.39, 0.29) is 0 Å². The van der Waals surface area contributed by atoms with Gasteiger partial charge in [0.15, 0.2) is 0 Å². The summed E-state index contributed by atoms with van der Waals surface area (Å²) in [4.78, 5) is 0. The van der Waals surface area contributed by atoms with Crippen LogP contribution >= 0.6 is 0 Å². The van der Waals surface area contributed by atoms with Gasteiger partial charge in [-0.05, 0) is 11.8 Å². The fraction of sp³-hybridized carbons (Fsp3) is 0.818. The molecule has 0 bridgehead atoms. The predicted octanol–water partition coefficient (Wildman–Crippen LogP) is 4.64. The summed E-state index contributed by atoms with van der Waals surface area (Å²) < 4.78 is 0. The third-order valence-electron chi connectivity index (χ3n) is 4.89. The lowest BCUT2D eigenvalue weighted by molar-refractivity contribution is -0.0878. The lowest BCUT2D eigenvalue weighted by atomic mass is 9.62. The monoisotopic (exact) mass is 334 g/mol. The number of hydrogen-bond donors (Lipinski definition) is 2. The van der Waals surface area contributed by atoms with Crippen molar-refractivity contribution < 1.29 is 10.2 Å². The van der Waals surface area contributed by atoms with Gasteiger partial charge in [-0.15, -0.1) is 0 Å². The second kappa shape index (κ2) is 6.40. The molecule has 0 saturated carbocycles. The van der Waals surface area contributed by atoms with Crippen molar-refractivity contribution in [2.75, 3.05) is 0 Å². The second-order valence-electron chi connectivity index (χ2n) is 10.9. The second-order valence-corrected chi connectivity index (χ2v) is 10.9. The molecule has 0 aliphatic heterocycles. The first-order valence-corrected chi connectivity index (χ1v) is 8.70. The molecule has 0 aromatic carbocycles. The summed E-state index contributed by atoms with van der Waals surface area (Å²) >= 11 is 0. The molecule has 0 aliphatic carbocycles. The van der Waals surface area contributed by atoms with Crippen LogP contribution in [0.3, 0.4) is 0 Å². The van der Waals surface area contributed by atoms with Gasteiger partial charge in [-0.2, -0.15) is 0 Å². The van der Waals surface area contributed by atoms with Crippen molar-refractivity contribution in [3.63, 3.8) is 0 Å². The Balaban J connectivity index is 6.05. The first-order valence-electron chi connectivity index (χ1n) is 8.70. The van der Waals surface area contributed by atoms with Crippen LogP contribution in [0.1, 0.15) is 83.1 Å². The quantitative estimate of drug-likeness (QED) is 0.634. The zero-order valence-corrected chi connectivity index (χ0v) is 17.9. The SMILES string of the molecule is CC(C)(C)C(O)(C#CC#CC(O)(C(C)(C)C)C(C)(C)C)C(C)(C)C. The topological polar surface area (TPSA) is 40.5 Å². The van der Waals surface area contributed by atoms with Crippen molar-refractivity contribution in [3.8, 4) is 23.7 Å². The predicted molar refractivity (Wildman–Crippen MR) is 103 cm³/mol. The average molecular weight is 335 g/mol. The molecule has 2 heteroatoms. The minimum atomic E-state index is -1.18. The van der Waals surface area contributed by atoms with E-state index in [0.29, 0.717) is 0 Å². The van der Waals surface area contributed by atoms with Crippen LogP contribution in [0.25, 0.3) is 0 Å². The molecule has 0 atom stereocenters. The molecule has 0 saturated heterocycles. The summed E-state index contributed by atoms with van der Waals surface area (Å²) in [5.41, 5.74) is -4.02. The van der Waals surface area contributed by atoms with E-state index in [1.54, 1.807) is 0 Å². The van der Waals surface area contributed by atoms with Crippen molar-refractivity contribution in [2.24, 2.45) is 21.7 Å². The molecule has 0 unspecified atom stereocenters. The van der Waals surface area contributed by atoms with Gasteiger partial charge in [-0.1, -0.05) is 94.9 Å². The van der Waals surface area contributed by atoms with Crippen molar-refractivity contribution in [3.05, 3.63) is 0 Å². The van der Waals surface area contributed by atoms with E-state index in [2.05, 4.69) is 23.7 Å². The van der Waals surface area contributed by atoms with E-state index in [1.165, 1.54) is 0 Å². The third-order valence-corrected chi connectivity index (χ3v) is 4.89. The maximum Gasteiger partial charge on any atom is 0.136 e. The standard InChI is InChI=1S/C22H38O2/c1-17(2,3)21(23,18(4,5)6)15-13-14-16-22(24,19(7,8)9)20(10,11)12/h23-24H,1-12H3. The Morgan fingerprint density at radius 2 is 0.583 bits per heavy atom. The minimum Gasteiger partial charge on any atom is -0.376 e. The van der Waals surface area contributed by atoms with E-state index in [9.17, 15) is 10.2 Å². The van der Waals surface area contributed by atoms with Crippen LogP contribution in [0.2, 0.25) is 0 Å². The van der Waals surface area contributed by atoms with Crippen molar-refractivity contribution in [1.29, 1.82) is 0 Å². The Hall–Kier alpha value is -0.960. The fourth-order valence-corrected chi connectivity index (χ4v) is 3.24. The van der Waals surface area contributed by atoms with Crippen LogP contribution in [0.15, 0.2) is 0 Å². The summed E-state index contributed by atoms with van der Waals surface area (Å²) in [5.74, 6) is 11.6. The van der Waals surface area contributed by atoms with E-state index in [0.717, 1.165) is 0 Å². The molecule has 0 heterocycles. The summed E-state index contributed by atoms with van der Waals surface area (Å²) in [6.07, 6.45) is 0. The largest absolute Gasteiger partial charge is 0.376 e. The number of rotatable bonds is 0.